The number of hydrogen-bond acceptors (Lipinski definition) is 2. The number of carbonyl (C=O) groups excluding carboxylic acids is 1. The van der Waals surface area contributed by atoms with Gasteiger partial charge in [-0.1, -0.05) is 67.6 Å². The van der Waals surface area contributed by atoms with E-state index in [2.05, 4.69) is 17.2 Å². The number of hydrogen-bond donors (Lipinski definition) is 1. The Labute approximate surface area is 172 Å². The number of rotatable bonds is 8. The number of amides is 2. The summed E-state index contributed by atoms with van der Waals surface area (Å²) in [7, 11) is 0. The third-order valence-electron chi connectivity index (χ3n) is 4.70. The molecule has 0 unspecified atom stereocenters. The van der Waals surface area contributed by atoms with E-state index in [0.29, 0.717) is 19.5 Å². The van der Waals surface area contributed by atoms with Crippen LogP contribution in [0, 0.1) is 0 Å². The van der Waals surface area contributed by atoms with Crippen LogP contribution in [0.15, 0.2) is 85.1 Å². The normalized spacial score (nSPS) is 10.8. The first-order chi connectivity index (χ1) is 14.2. The maximum Gasteiger partial charge on any atom is 0.322 e. The molecule has 0 aliphatic rings. The van der Waals surface area contributed by atoms with Crippen molar-refractivity contribution in [3.8, 4) is 0 Å². The van der Waals surface area contributed by atoms with Crippen molar-refractivity contribution in [2.24, 2.45) is 0 Å². The Bertz CT molecular complexity index is 906. The lowest BCUT2D eigenvalue weighted by Crippen LogP contribution is -2.36. The van der Waals surface area contributed by atoms with Gasteiger partial charge in [-0.3, -0.25) is 4.98 Å². The van der Waals surface area contributed by atoms with Crippen LogP contribution < -0.4 is 5.32 Å². The van der Waals surface area contributed by atoms with Gasteiger partial charge in [-0.05, 0) is 41.8 Å². The Hall–Kier alpha value is -3.40. The number of aryl methyl sites for hydroxylation is 1. The minimum Gasteiger partial charge on any atom is -0.320 e. The highest BCUT2D eigenvalue weighted by molar-refractivity contribution is 5.89. The maximum absolute atomic E-state index is 12.9. The molecule has 1 aromatic heterocycles. The third kappa shape index (κ3) is 6.61. The molecule has 0 radical (unpaired) electrons. The molecule has 0 aliphatic carbocycles. The Morgan fingerprint density at radius 2 is 1.76 bits per heavy atom. The van der Waals surface area contributed by atoms with Gasteiger partial charge in [0.05, 0.1) is 0 Å². The summed E-state index contributed by atoms with van der Waals surface area (Å²) in [5, 5.41) is 3.01. The van der Waals surface area contributed by atoms with Crippen LogP contribution in [-0.2, 0) is 12.8 Å². The first-order valence-electron chi connectivity index (χ1n) is 10.0. The topological polar surface area (TPSA) is 45.2 Å². The van der Waals surface area contributed by atoms with Crippen LogP contribution in [0.3, 0.4) is 0 Å². The summed E-state index contributed by atoms with van der Waals surface area (Å²) in [6, 6.07) is 23.8. The van der Waals surface area contributed by atoms with Gasteiger partial charge < -0.3 is 10.2 Å². The van der Waals surface area contributed by atoms with Crippen molar-refractivity contribution in [2.45, 2.75) is 19.8 Å². The van der Waals surface area contributed by atoms with E-state index in [0.717, 1.165) is 23.4 Å². The van der Waals surface area contributed by atoms with Gasteiger partial charge in [0.2, 0.25) is 0 Å². The van der Waals surface area contributed by atoms with Crippen LogP contribution >= 0.6 is 0 Å². The van der Waals surface area contributed by atoms with Gasteiger partial charge in [0.25, 0.3) is 0 Å². The second-order valence-electron chi connectivity index (χ2n) is 6.81. The molecule has 0 saturated heterocycles. The van der Waals surface area contributed by atoms with Crippen molar-refractivity contribution in [3.05, 3.63) is 102 Å². The summed E-state index contributed by atoms with van der Waals surface area (Å²) in [5.41, 5.74) is 4.15. The van der Waals surface area contributed by atoms with E-state index in [1.54, 1.807) is 6.20 Å². The van der Waals surface area contributed by atoms with Crippen molar-refractivity contribution in [2.75, 3.05) is 18.4 Å². The molecule has 1 heterocycles. The molecule has 1 N–H and O–H groups in total. The molecule has 4 heteroatoms. The number of nitrogens with zero attached hydrogens (tertiary/aromatic N) is 2. The Balaban J connectivity index is 1.66. The van der Waals surface area contributed by atoms with Crippen molar-refractivity contribution in [3.63, 3.8) is 0 Å². The Kier molecular flexibility index (Phi) is 7.58. The van der Waals surface area contributed by atoms with Crippen LogP contribution in [0.5, 0.6) is 0 Å². The summed E-state index contributed by atoms with van der Waals surface area (Å²) in [6.07, 6.45) is 7.53. The van der Waals surface area contributed by atoms with Crippen molar-refractivity contribution >= 4 is 17.8 Å². The van der Waals surface area contributed by atoms with Gasteiger partial charge in [0.15, 0.2) is 0 Å². The van der Waals surface area contributed by atoms with E-state index in [9.17, 15) is 4.79 Å². The van der Waals surface area contributed by atoms with Gasteiger partial charge in [-0.15, -0.1) is 0 Å². The quantitative estimate of drug-likeness (QED) is 0.562. The van der Waals surface area contributed by atoms with E-state index in [-0.39, 0.29) is 6.03 Å². The Morgan fingerprint density at radius 3 is 2.45 bits per heavy atom. The van der Waals surface area contributed by atoms with Gasteiger partial charge in [0, 0.05) is 37.1 Å². The molecule has 3 aromatic rings. The van der Waals surface area contributed by atoms with Crippen LogP contribution in [0.25, 0.3) is 6.08 Å². The highest BCUT2D eigenvalue weighted by atomic mass is 16.2. The minimum absolute atomic E-state index is 0.108. The van der Waals surface area contributed by atoms with Crippen LogP contribution in [-0.4, -0.2) is 29.0 Å². The molecule has 2 aromatic carbocycles. The number of aromatic nitrogens is 1. The van der Waals surface area contributed by atoms with Gasteiger partial charge in [-0.25, -0.2) is 4.79 Å². The van der Waals surface area contributed by atoms with Crippen LogP contribution in [0.4, 0.5) is 10.5 Å². The van der Waals surface area contributed by atoms with E-state index >= 15 is 0 Å². The summed E-state index contributed by atoms with van der Waals surface area (Å²) in [5.74, 6) is 0. The summed E-state index contributed by atoms with van der Waals surface area (Å²) >= 11 is 0. The van der Waals surface area contributed by atoms with Crippen LogP contribution in [0.2, 0.25) is 0 Å². The maximum atomic E-state index is 12.9. The summed E-state index contributed by atoms with van der Waals surface area (Å²) < 4.78 is 0. The number of carbonyl (C=O) groups is 1. The van der Waals surface area contributed by atoms with Crippen molar-refractivity contribution in [1.82, 2.24) is 9.88 Å². The lowest BCUT2D eigenvalue weighted by Gasteiger charge is -2.22. The molecular formula is C25H27N3O. The second-order valence-corrected chi connectivity index (χ2v) is 6.81. The second kappa shape index (κ2) is 10.8. The number of pyridine rings is 1. The SMILES string of the molecule is CCc1ccc(NC(=O)N(C/C=C/c2ccccc2)CCc2ccccn2)cc1. The zero-order chi connectivity index (χ0) is 20.3. The standard InChI is InChI=1S/C25H27N3O/c1-2-21-13-15-24(16-14-21)27-25(29)28(20-17-23-12-6-7-18-26-23)19-8-11-22-9-4-3-5-10-22/h3-16,18H,2,17,19-20H2,1H3,(H,27,29)/b11-8+. The van der Waals surface area contributed by atoms with Gasteiger partial charge >= 0.3 is 6.03 Å². The minimum atomic E-state index is -0.108. The fourth-order valence-corrected chi connectivity index (χ4v) is 2.98. The van der Waals surface area contributed by atoms with E-state index in [4.69, 9.17) is 0 Å². The van der Waals surface area contributed by atoms with Crippen molar-refractivity contribution in [1.29, 1.82) is 0 Å². The zero-order valence-electron chi connectivity index (χ0n) is 16.8. The predicted octanol–water partition coefficient (Wildman–Crippen LogP) is 5.43. The third-order valence-corrected chi connectivity index (χ3v) is 4.70. The average molecular weight is 386 g/mol. The smallest absolute Gasteiger partial charge is 0.320 e. The Morgan fingerprint density at radius 1 is 1.00 bits per heavy atom. The fraction of sp³-hybridized carbons (Fsp3) is 0.200. The fourth-order valence-electron chi connectivity index (χ4n) is 2.98. The summed E-state index contributed by atoms with van der Waals surface area (Å²) in [4.78, 5) is 19.1. The molecule has 2 amide bonds. The van der Waals surface area contributed by atoms with E-state index in [1.807, 2.05) is 89.8 Å². The highest BCUT2D eigenvalue weighted by Gasteiger charge is 2.13. The highest BCUT2D eigenvalue weighted by Crippen LogP contribution is 2.11. The lowest BCUT2D eigenvalue weighted by molar-refractivity contribution is 0.217. The monoisotopic (exact) mass is 385 g/mol. The molecule has 29 heavy (non-hydrogen) atoms. The zero-order valence-corrected chi connectivity index (χ0v) is 16.8. The first-order valence-corrected chi connectivity index (χ1v) is 10.0. The molecule has 0 atom stereocenters. The van der Waals surface area contributed by atoms with Crippen LogP contribution in [0.1, 0.15) is 23.7 Å². The van der Waals surface area contributed by atoms with Crippen molar-refractivity contribution < 1.29 is 4.79 Å². The average Bonchev–Trinajstić information content (AvgIpc) is 2.78. The number of benzene rings is 2. The van der Waals surface area contributed by atoms with Gasteiger partial charge in [0.1, 0.15) is 0 Å². The molecule has 0 bridgehead atoms. The molecule has 0 aliphatic heterocycles. The molecule has 0 spiro atoms. The molecular weight excluding hydrogens is 358 g/mol. The molecule has 3 rings (SSSR count). The largest absolute Gasteiger partial charge is 0.322 e. The molecule has 0 saturated carbocycles. The number of urea groups is 1. The van der Waals surface area contributed by atoms with E-state index in [1.165, 1.54) is 5.56 Å². The first kappa shape index (κ1) is 20.3. The molecule has 148 valence electrons. The lowest BCUT2D eigenvalue weighted by atomic mass is 10.1. The predicted molar refractivity (Wildman–Crippen MR) is 120 cm³/mol. The van der Waals surface area contributed by atoms with E-state index < -0.39 is 0 Å². The molecule has 4 nitrogen and oxygen atoms in total. The number of anilines is 1. The number of nitrogens with one attached hydrogen (secondary N) is 1. The van der Waals surface area contributed by atoms with Gasteiger partial charge in [-0.2, -0.15) is 0 Å². The summed E-state index contributed by atoms with van der Waals surface area (Å²) in [6.45, 7) is 3.24. The molecule has 0 fully saturated rings.